The minimum absolute atomic E-state index is 0.308. The highest BCUT2D eigenvalue weighted by atomic mass is 32.2. The number of nitrogens with two attached hydrogens (primary N) is 1. The standard InChI is InChI=1S/C16H22N2S2/c1-3-14-8-9-15(20-14)10-13(18-17)11-19-16-7-5-4-6-12(16)2/h4-9,13,18H,3,10-11,17H2,1-2H3. The Morgan fingerprint density at radius 3 is 2.60 bits per heavy atom. The molecule has 108 valence electrons. The molecule has 0 saturated heterocycles. The van der Waals surface area contributed by atoms with E-state index in [9.17, 15) is 0 Å². The van der Waals surface area contributed by atoms with Crippen LogP contribution in [0.25, 0.3) is 0 Å². The first-order chi connectivity index (χ1) is 9.72. The van der Waals surface area contributed by atoms with E-state index in [1.165, 1.54) is 20.2 Å². The number of benzene rings is 1. The van der Waals surface area contributed by atoms with Crippen LogP contribution in [0.15, 0.2) is 41.3 Å². The van der Waals surface area contributed by atoms with E-state index in [0.717, 1.165) is 18.6 Å². The summed E-state index contributed by atoms with van der Waals surface area (Å²) in [5.41, 5.74) is 4.28. The van der Waals surface area contributed by atoms with Crippen LogP contribution < -0.4 is 11.3 Å². The number of thioether (sulfide) groups is 1. The predicted octanol–water partition coefficient (Wildman–Crippen LogP) is 3.79. The molecule has 1 heterocycles. The van der Waals surface area contributed by atoms with E-state index < -0.39 is 0 Å². The van der Waals surface area contributed by atoms with Gasteiger partial charge in [0.25, 0.3) is 0 Å². The Hall–Kier alpha value is -0.810. The smallest absolute Gasteiger partial charge is 0.0352 e. The number of nitrogens with one attached hydrogen (secondary N) is 1. The number of rotatable bonds is 7. The first kappa shape index (κ1) is 15.6. The van der Waals surface area contributed by atoms with Crippen molar-refractivity contribution >= 4 is 23.1 Å². The summed E-state index contributed by atoms with van der Waals surface area (Å²) < 4.78 is 0. The van der Waals surface area contributed by atoms with Crippen LogP contribution in [0.2, 0.25) is 0 Å². The van der Waals surface area contributed by atoms with Crippen molar-refractivity contribution in [2.45, 2.75) is 37.6 Å². The average Bonchev–Trinajstić information content (AvgIpc) is 2.92. The van der Waals surface area contributed by atoms with Gasteiger partial charge in [-0.15, -0.1) is 23.1 Å². The summed E-state index contributed by atoms with van der Waals surface area (Å²) in [5, 5.41) is 0. The van der Waals surface area contributed by atoms with Crippen molar-refractivity contribution in [3.63, 3.8) is 0 Å². The Balaban J connectivity index is 1.91. The minimum atomic E-state index is 0.308. The van der Waals surface area contributed by atoms with Gasteiger partial charge in [-0.25, -0.2) is 0 Å². The van der Waals surface area contributed by atoms with Crippen molar-refractivity contribution in [2.75, 3.05) is 5.75 Å². The third-order valence-electron chi connectivity index (χ3n) is 3.28. The van der Waals surface area contributed by atoms with Crippen molar-refractivity contribution in [1.29, 1.82) is 0 Å². The number of hydrogen-bond donors (Lipinski definition) is 2. The SMILES string of the molecule is CCc1ccc(CC(CSc2ccccc2C)NN)s1. The fraction of sp³-hybridized carbons (Fsp3) is 0.375. The first-order valence-corrected chi connectivity index (χ1v) is 8.75. The second-order valence-electron chi connectivity index (χ2n) is 4.87. The fourth-order valence-electron chi connectivity index (χ4n) is 2.04. The number of aryl methyl sites for hydroxylation is 2. The molecule has 1 unspecified atom stereocenters. The van der Waals surface area contributed by atoms with E-state index in [2.05, 4.69) is 55.7 Å². The van der Waals surface area contributed by atoms with E-state index >= 15 is 0 Å². The minimum Gasteiger partial charge on any atom is -0.271 e. The zero-order valence-corrected chi connectivity index (χ0v) is 13.7. The molecule has 0 aliphatic carbocycles. The summed E-state index contributed by atoms with van der Waals surface area (Å²) in [4.78, 5) is 4.20. The lowest BCUT2D eigenvalue weighted by Gasteiger charge is -2.15. The van der Waals surface area contributed by atoms with Gasteiger partial charge in [-0.3, -0.25) is 11.3 Å². The van der Waals surface area contributed by atoms with Crippen LogP contribution in [-0.4, -0.2) is 11.8 Å². The van der Waals surface area contributed by atoms with Gasteiger partial charge in [0, 0.05) is 26.4 Å². The van der Waals surface area contributed by atoms with Crippen LogP contribution in [0, 0.1) is 6.92 Å². The Morgan fingerprint density at radius 1 is 1.20 bits per heavy atom. The van der Waals surface area contributed by atoms with E-state index in [4.69, 9.17) is 5.84 Å². The molecule has 1 aromatic heterocycles. The fourth-order valence-corrected chi connectivity index (χ4v) is 4.14. The van der Waals surface area contributed by atoms with Crippen LogP contribution >= 0.6 is 23.1 Å². The summed E-state index contributed by atoms with van der Waals surface area (Å²) in [7, 11) is 0. The lowest BCUT2D eigenvalue weighted by atomic mass is 10.2. The average molecular weight is 306 g/mol. The van der Waals surface area contributed by atoms with Gasteiger partial charge >= 0.3 is 0 Å². The van der Waals surface area contributed by atoms with Gasteiger partial charge in [-0.05, 0) is 43.5 Å². The maximum Gasteiger partial charge on any atom is 0.0352 e. The van der Waals surface area contributed by atoms with Crippen LogP contribution in [0.4, 0.5) is 0 Å². The van der Waals surface area contributed by atoms with E-state index in [1.54, 1.807) is 0 Å². The third kappa shape index (κ3) is 4.35. The third-order valence-corrected chi connectivity index (χ3v) is 5.87. The van der Waals surface area contributed by atoms with E-state index in [-0.39, 0.29) is 0 Å². The molecule has 0 spiro atoms. The second-order valence-corrected chi connectivity index (χ2v) is 7.18. The highest BCUT2D eigenvalue weighted by Crippen LogP contribution is 2.24. The normalized spacial score (nSPS) is 12.6. The molecule has 20 heavy (non-hydrogen) atoms. The Bertz CT molecular complexity index is 537. The number of thiophene rings is 1. The quantitative estimate of drug-likeness (QED) is 0.464. The van der Waals surface area contributed by atoms with Gasteiger partial charge in [0.2, 0.25) is 0 Å². The van der Waals surface area contributed by atoms with E-state index in [1.807, 2.05) is 23.1 Å². The Morgan fingerprint density at radius 2 is 1.95 bits per heavy atom. The van der Waals surface area contributed by atoms with Crippen molar-refractivity contribution in [3.8, 4) is 0 Å². The summed E-state index contributed by atoms with van der Waals surface area (Å²) in [5.74, 6) is 6.69. The van der Waals surface area contributed by atoms with Crippen molar-refractivity contribution in [2.24, 2.45) is 5.84 Å². The van der Waals surface area contributed by atoms with Gasteiger partial charge in [-0.2, -0.15) is 0 Å². The van der Waals surface area contributed by atoms with Gasteiger partial charge in [0.15, 0.2) is 0 Å². The molecule has 1 aromatic carbocycles. The molecule has 4 heteroatoms. The maximum absolute atomic E-state index is 5.70. The lowest BCUT2D eigenvalue weighted by molar-refractivity contribution is 0.579. The second kappa shape index (κ2) is 7.84. The van der Waals surface area contributed by atoms with Crippen LogP contribution in [0.5, 0.6) is 0 Å². The molecule has 2 nitrogen and oxygen atoms in total. The summed E-state index contributed by atoms with van der Waals surface area (Å²) in [6.07, 6.45) is 2.11. The van der Waals surface area contributed by atoms with Crippen LogP contribution in [0.3, 0.4) is 0 Å². The monoisotopic (exact) mass is 306 g/mol. The highest BCUT2D eigenvalue weighted by Gasteiger charge is 2.11. The lowest BCUT2D eigenvalue weighted by Crippen LogP contribution is -2.38. The molecular weight excluding hydrogens is 284 g/mol. The number of hydrazine groups is 1. The molecule has 0 aliphatic heterocycles. The summed E-state index contributed by atoms with van der Waals surface area (Å²) in [6.45, 7) is 4.35. The van der Waals surface area contributed by atoms with Crippen molar-refractivity contribution in [1.82, 2.24) is 5.43 Å². The molecule has 2 rings (SSSR count). The highest BCUT2D eigenvalue weighted by molar-refractivity contribution is 7.99. The van der Waals surface area contributed by atoms with E-state index in [0.29, 0.717) is 6.04 Å². The zero-order valence-electron chi connectivity index (χ0n) is 12.1. The first-order valence-electron chi connectivity index (χ1n) is 6.95. The molecule has 3 N–H and O–H groups in total. The Kier molecular flexibility index (Phi) is 6.10. The van der Waals surface area contributed by atoms with Crippen molar-refractivity contribution in [3.05, 3.63) is 51.7 Å². The topological polar surface area (TPSA) is 38.0 Å². The summed E-state index contributed by atoms with van der Waals surface area (Å²) >= 11 is 3.77. The molecule has 2 aromatic rings. The van der Waals surface area contributed by atoms with Gasteiger partial charge in [0.1, 0.15) is 0 Å². The molecule has 0 bridgehead atoms. The molecule has 0 fully saturated rings. The summed E-state index contributed by atoms with van der Waals surface area (Å²) in [6, 6.07) is 13.3. The number of hydrogen-bond acceptors (Lipinski definition) is 4. The molecule has 0 saturated carbocycles. The molecule has 1 atom stereocenters. The van der Waals surface area contributed by atoms with Crippen LogP contribution in [-0.2, 0) is 12.8 Å². The molecule has 0 amide bonds. The maximum atomic E-state index is 5.70. The molecular formula is C16H22N2S2. The van der Waals surface area contributed by atoms with Gasteiger partial charge in [0.05, 0.1) is 0 Å². The van der Waals surface area contributed by atoms with Crippen molar-refractivity contribution < 1.29 is 0 Å². The zero-order chi connectivity index (χ0) is 14.4. The predicted molar refractivity (Wildman–Crippen MR) is 90.4 cm³/mol. The van der Waals surface area contributed by atoms with Crippen LogP contribution in [0.1, 0.15) is 22.2 Å². The molecule has 0 radical (unpaired) electrons. The molecule has 0 aliphatic rings. The Labute approximate surface area is 129 Å². The largest absolute Gasteiger partial charge is 0.271 e. The van der Waals surface area contributed by atoms with Gasteiger partial charge in [-0.1, -0.05) is 25.1 Å². The van der Waals surface area contributed by atoms with Gasteiger partial charge < -0.3 is 0 Å².